The predicted molar refractivity (Wildman–Crippen MR) is 233 cm³/mol. The summed E-state index contributed by atoms with van der Waals surface area (Å²) >= 11 is 0. The Labute approximate surface area is 319 Å². The maximum Gasteiger partial charge on any atom is 0.0716 e. The second-order valence-corrected chi connectivity index (χ2v) is 16.4. The largest absolute Gasteiger partial charge is 0.399 e. The minimum absolute atomic E-state index is 0.0498. The fourth-order valence-electron chi connectivity index (χ4n) is 7.79. The summed E-state index contributed by atoms with van der Waals surface area (Å²) in [6.45, 7) is 57.5. The van der Waals surface area contributed by atoms with Gasteiger partial charge in [0.15, 0.2) is 0 Å². The number of likely N-dealkylation sites (tertiary alicyclic amines) is 1. The lowest BCUT2D eigenvalue weighted by molar-refractivity contribution is 0.195. The van der Waals surface area contributed by atoms with Crippen LogP contribution in [0.5, 0.6) is 0 Å². The average Bonchev–Trinajstić information content (AvgIpc) is 3.49. The van der Waals surface area contributed by atoms with Gasteiger partial charge in [0, 0.05) is 23.6 Å². The lowest BCUT2D eigenvalue weighted by atomic mass is 9.78. The van der Waals surface area contributed by atoms with Gasteiger partial charge in [-0.1, -0.05) is 161 Å². The number of hydrogen-bond acceptors (Lipinski definition) is 4. The number of fused-ring (bicyclic) bond motifs is 1. The van der Waals surface area contributed by atoms with Crippen LogP contribution < -0.4 is 16.4 Å². The molecule has 2 aliphatic carbocycles. The maximum absolute atomic E-state index is 6.01. The zero-order chi connectivity index (χ0) is 40.4. The highest BCUT2D eigenvalue weighted by Crippen LogP contribution is 2.66. The van der Waals surface area contributed by atoms with Crippen molar-refractivity contribution >= 4 is 0 Å². The lowest BCUT2D eigenvalue weighted by Gasteiger charge is -2.42. The molecule has 4 nitrogen and oxygen atoms in total. The van der Waals surface area contributed by atoms with Crippen LogP contribution in [0.1, 0.15) is 123 Å². The van der Waals surface area contributed by atoms with Gasteiger partial charge < -0.3 is 21.3 Å². The van der Waals surface area contributed by atoms with Crippen molar-refractivity contribution in [3.63, 3.8) is 0 Å². The van der Waals surface area contributed by atoms with Crippen LogP contribution in [0, 0.1) is 46.3 Å². The SMILES string of the molecule is C=C.C=C(N)C(=C)C(CC(C)C)NC(=C)C1[C@@H]2[C@H](CN1C(=C)C(NC)C(C)(C)C)C2(C)C.CC.CC.CCC(C1=CCC=CC=C1)C(C)C(C)C. The van der Waals surface area contributed by atoms with Gasteiger partial charge >= 0.3 is 0 Å². The number of nitrogens with two attached hydrogens (primary N) is 1. The summed E-state index contributed by atoms with van der Waals surface area (Å²) in [6.07, 6.45) is 14.5. The highest BCUT2D eigenvalue weighted by molar-refractivity contribution is 5.33. The molecule has 3 rings (SSSR count). The molecule has 1 heterocycles. The molecule has 294 valence electrons. The van der Waals surface area contributed by atoms with Gasteiger partial charge in [0.05, 0.1) is 18.1 Å². The molecule has 5 unspecified atom stereocenters. The Morgan fingerprint density at radius 3 is 1.96 bits per heavy atom. The van der Waals surface area contributed by atoms with Gasteiger partial charge in [-0.3, -0.25) is 0 Å². The zero-order valence-electron chi connectivity index (χ0n) is 36.7. The van der Waals surface area contributed by atoms with Crippen LogP contribution in [0.15, 0.2) is 98.1 Å². The van der Waals surface area contributed by atoms with Crippen molar-refractivity contribution in [3.05, 3.63) is 98.1 Å². The molecule has 51 heavy (non-hydrogen) atoms. The number of piperidine rings is 1. The summed E-state index contributed by atoms with van der Waals surface area (Å²) in [6, 6.07) is 0.483. The third kappa shape index (κ3) is 14.3. The second-order valence-electron chi connectivity index (χ2n) is 16.4. The smallest absolute Gasteiger partial charge is 0.0716 e. The molecule has 1 aliphatic heterocycles. The van der Waals surface area contributed by atoms with Crippen LogP contribution in [0.2, 0.25) is 0 Å². The summed E-state index contributed by atoms with van der Waals surface area (Å²) in [7, 11) is 2.03. The molecule has 0 amide bonds. The third-order valence-corrected chi connectivity index (χ3v) is 10.9. The van der Waals surface area contributed by atoms with E-state index in [0.29, 0.717) is 28.9 Å². The van der Waals surface area contributed by atoms with Gasteiger partial charge in [-0.05, 0) is 83.8 Å². The van der Waals surface area contributed by atoms with Crippen molar-refractivity contribution in [2.75, 3.05) is 13.6 Å². The Morgan fingerprint density at radius 1 is 0.980 bits per heavy atom. The van der Waals surface area contributed by atoms with Crippen molar-refractivity contribution in [2.45, 2.75) is 141 Å². The van der Waals surface area contributed by atoms with Crippen LogP contribution in [0.3, 0.4) is 0 Å². The van der Waals surface area contributed by atoms with Crippen LogP contribution in [0.4, 0.5) is 0 Å². The van der Waals surface area contributed by atoms with Crippen LogP contribution >= 0.6 is 0 Å². The fourth-order valence-corrected chi connectivity index (χ4v) is 7.79. The Bertz CT molecular complexity index is 1160. The van der Waals surface area contributed by atoms with Crippen molar-refractivity contribution in [3.8, 4) is 0 Å². The van der Waals surface area contributed by atoms with E-state index in [1.54, 1.807) is 0 Å². The molecule has 1 saturated carbocycles. The van der Waals surface area contributed by atoms with Crippen LogP contribution in [-0.2, 0) is 0 Å². The summed E-state index contributed by atoms with van der Waals surface area (Å²) in [4.78, 5) is 2.49. The van der Waals surface area contributed by atoms with E-state index < -0.39 is 0 Å². The normalized spacial score (nSPS) is 21.9. The molecule has 0 bridgehead atoms. The monoisotopic (exact) mass is 707 g/mol. The molecule has 0 aromatic carbocycles. The summed E-state index contributed by atoms with van der Waals surface area (Å²) in [5, 5.41) is 7.20. The highest BCUT2D eigenvalue weighted by Gasteiger charge is 2.67. The maximum atomic E-state index is 6.01. The predicted octanol–water partition coefficient (Wildman–Crippen LogP) is 12.2. The van der Waals surface area contributed by atoms with E-state index in [1.165, 1.54) is 12.0 Å². The zero-order valence-corrected chi connectivity index (χ0v) is 36.7. The first kappa shape index (κ1) is 50.4. The topological polar surface area (TPSA) is 53.3 Å². The quantitative estimate of drug-likeness (QED) is 0.124. The molecule has 0 radical (unpaired) electrons. The molecule has 0 spiro atoms. The van der Waals surface area contributed by atoms with Gasteiger partial charge in [0.1, 0.15) is 0 Å². The number of nitrogens with zero attached hydrogens (tertiary/aromatic N) is 1. The van der Waals surface area contributed by atoms with E-state index in [9.17, 15) is 0 Å². The molecule has 0 aromatic heterocycles. The Kier molecular flexibility index (Phi) is 23.5. The molecule has 1 saturated heterocycles. The first-order valence-electron chi connectivity index (χ1n) is 20.1. The minimum Gasteiger partial charge on any atom is -0.399 e. The summed E-state index contributed by atoms with van der Waals surface area (Å²) < 4.78 is 0. The highest BCUT2D eigenvalue weighted by atomic mass is 15.3. The van der Waals surface area contributed by atoms with E-state index >= 15 is 0 Å². The first-order chi connectivity index (χ1) is 23.8. The van der Waals surface area contributed by atoms with Crippen molar-refractivity contribution < 1.29 is 0 Å². The van der Waals surface area contributed by atoms with E-state index in [0.717, 1.165) is 54.1 Å². The first-order valence-corrected chi connectivity index (χ1v) is 20.1. The van der Waals surface area contributed by atoms with Crippen molar-refractivity contribution in [1.82, 2.24) is 15.5 Å². The average molecular weight is 707 g/mol. The molecular weight excluding hydrogens is 621 g/mol. The van der Waals surface area contributed by atoms with Crippen LogP contribution in [-0.4, -0.2) is 36.6 Å². The minimum atomic E-state index is 0.0498. The Hall–Kier alpha value is -2.72. The number of hydrogen-bond donors (Lipinski definition) is 3. The molecule has 3 aliphatic rings. The fraction of sp³-hybridized carbons (Fsp3) is 0.660. The number of rotatable bonds is 14. The second kappa shape index (κ2) is 23.8. The van der Waals surface area contributed by atoms with Crippen LogP contribution in [0.25, 0.3) is 0 Å². The molecule has 4 N–H and O–H groups in total. The number of allylic oxidation sites excluding steroid dienone is 6. The van der Waals surface area contributed by atoms with Gasteiger partial charge in [-0.25, -0.2) is 0 Å². The standard InChI is InChI=1S/C26H46N4.C15H24.2C2H6.C2H4/c1-15(2)13-21(16(3)17(4)27)29-18(5)23-22-20(26(22,10)11)14-30(23)19(6)24(28-12)25(7,8)9;1-5-15(13(4)12(2)3)14-10-8-6-7-9-11-14;3*1-2/h15,20-24,28-29H,3-6,13-14,27H2,1-2,7-12H3;6-8,10-13,15H,5,9H2,1-4H3;2*1-2H3;1-2H2/t20-,21?,22-,23?,24?;;;;/m0..../s1. The van der Waals surface area contributed by atoms with Crippen molar-refractivity contribution in [2.24, 2.45) is 52.1 Å². The van der Waals surface area contributed by atoms with Gasteiger partial charge in [-0.2, -0.15) is 0 Å². The third-order valence-electron chi connectivity index (χ3n) is 10.9. The van der Waals surface area contributed by atoms with Gasteiger partial charge in [0.2, 0.25) is 0 Å². The molecular formula is C47H86N4. The Morgan fingerprint density at radius 2 is 1.53 bits per heavy atom. The number of nitrogens with one attached hydrogen (secondary N) is 2. The Balaban J connectivity index is 0. The molecule has 4 heteroatoms. The summed E-state index contributed by atoms with van der Waals surface area (Å²) in [5.74, 6) is 4.03. The molecule has 2 fully saturated rings. The van der Waals surface area contributed by atoms with Gasteiger partial charge in [0.25, 0.3) is 0 Å². The number of likely N-dealkylation sites (N-methyl/N-ethyl adjacent to an activating group) is 1. The van der Waals surface area contributed by atoms with E-state index in [-0.39, 0.29) is 23.5 Å². The van der Waals surface area contributed by atoms with Gasteiger partial charge in [-0.15, -0.1) is 13.2 Å². The molecule has 0 aromatic rings. The molecule has 7 atom stereocenters. The van der Waals surface area contributed by atoms with E-state index in [1.807, 2.05) is 34.7 Å². The summed E-state index contributed by atoms with van der Waals surface area (Å²) in [5.41, 5.74) is 11.6. The van der Waals surface area contributed by atoms with E-state index in [4.69, 9.17) is 5.73 Å². The van der Waals surface area contributed by atoms with Crippen molar-refractivity contribution in [1.29, 1.82) is 0 Å². The van der Waals surface area contributed by atoms with E-state index in [2.05, 4.69) is 162 Å². The lowest BCUT2D eigenvalue weighted by Crippen LogP contribution is -2.50.